The van der Waals surface area contributed by atoms with Crippen LogP contribution in [-0.2, 0) is 16.0 Å². The van der Waals surface area contributed by atoms with Gasteiger partial charge in [0.1, 0.15) is 0 Å². The molecule has 3 heteroatoms. The topological polar surface area (TPSA) is 26.3 Å². The number of hydrogen-bond acceptors (Lipinski definition) is 2. The van der Waals surface area contributed by atoms with E-state index >= 15 is 0 Å². The number of hydrogen-bond donors (Lipinski definition) is 0. The van der Waals surface area contributed by atoms with Gasteiger partial charge in [0.15, 0.2) is 0 Å². The Morgan fingerprint density at radius 1 is 1.31 bits per heavy atom. The van der Waals surface area contributed by atoms with Crippen LogP contribution in [0.15, 0.2) is 16.6 Å². The van der Waals surface area contributed by atoms with Gasteiger partial charge in [-0.25, -0.2) is 0 Å². The summed E-state index contributed by atoms with van der Waals surface area (Å²) >= 11 is 3.47. The van der Waals surface area contributed by atoms with Crippen LogP contribution in [0.5, 0.6) is 0 Å². The molecule has 0 aromatic heterocycles. The van der Waals surface area contributed by atoms with Crippen molar-refractivity contribution in [2.75, 3.05) is 0 Å². The maximum absolute atomic E-state index is 11.5. The molecule has 0 atom stereocenters. The van der Waals surface area contributed by atoms with Gasteiger partial charge in [0.05, 0.1) is 12.5 Å². The van der Waals surface area contributed by atoms with E-state index in [1.165, 1.54) is 11.1 Å². The number of carbonyl (C=O) groups is 1. The summed E-state index contributed by atoms with van der Waals surface area (Å²) in [5, 5.41) is 0. The molecular formula is C13H17BrO2. The number of aryl methyl sites for hydroxylation is 2. The van der Waals surface area contributed by atoms with Crippen molar-refractivity contribution < 1.29 is 9.53 Å². The molecule has 0 saturated heterocycles. The van der Waals surface area contributed by atoms with Gasteiger partial charge in [0.25, 0.3) is 0 Å². The third-order valence-corrected chi connectivity index (χ3v) is 3.10. The van der Waals surface area contributed by atoms with E-state index in [-0.39, 0.29) is 12.1 Å². The van der Waals surface area contributed by atoms with Crippen LogP contribution < -0.4 is 0 Å². The maximum Gasteiger partial charge on any atom is 0.310 e. The van der Waals surface area contributed by atoms with Gasteiger partial charge in [0.2, 0.25) is 0 Å². The van der Waals surface area contributed by atoms with E-state index in [2.05, 4.69) is 22.9 Å². The van der Waals surface area contributed by atoms with E-state index in [4.69, 9.17) is 4.74 Å². The van der Waals surface area contributed by atoms with Crippen molar-refractivity contribution in [2.24, 2.45) is 0 Å². The van der Waals surface area contributed by atoms with E-state index in [1.807, 2.05) is 32.9 Å². The van der Waals surface area contributed by atoms with Crippen LogP contribution in [-0.4, -0.2) is 12.1 Å². The van der Waals surface area contributed by atoms with E-state index in [0.717, 1.165) is 10.0 Å². The number of rotatable bonds is 3. The number of benzene rings is 1. The second-order valence-electron chi connectivity index (χ2n) is 4.24. The highest BCUT2D eigenvalue weighted by molar-refractivity contribution is 9.10. The predicted molar refractivity (Wildman–Crippen MR) is 68.5 cm³/mol. The van der Waals surface area contributed by atoms with Gasteiger partial charge >= 0.3 is 5.97 Å². The molecule has 88 valence electrons. The monoisotopic (exact) mass is 284 g/mol. The summed E-state index contributed by atoms with van der Waals surface area (Å²) in [6.45, 7) is 7.80. The van der Waals surface area contributed by atoms with Crippen LogP contribution in [0, 0.1) is 13.8 Å². The number of halogens is 1. The molecule has 16 heavy (non-hydrogen) atoms. The van der Waals surface area contributed by atoms with Crippen LogP contribution in [0.3, 0.4) is 0 Å². The van der Waals surface area contributed by atoms with Crippen molar-refractivity contribution in [1.82, 2.24) is 0 Å². The zero-order chi connectivity index (χ0) is 12.3. The van der Waals surface area contributed by atoms with Gasteiger partial charge in [0, 0.05) is 4.47 Å². The first-order valence-corrected chi connectivity index (χ1v) is 6.14. The minimum absolute atomic E-state index is 0.0576. The predicted octanol–water partition coefficient (Wildman–Crippen LogP) is 3.56. The Balaban J connectivity index is 2.81. The molecule has 0 aliphatic rings. The minimum Gasteiger partial charge on any atom is -0.463 e. The highest BCUT2D eigenvalue weighted by Crippen LogP contribution is 2.22. The molecule has 1 aromatic carbocycles. The molecule has 0 heterocycles. The van der Waals surface area contributed by atoms with Crippen LogP contribution in [0.1, 0.15) is 30.5 Å². The Morgan fingerprint density at radius 2 is 1.88 bits per heavy atom. The van der Waals surface area contributed by atoms with Crippen molar-refractivity contribution in [3.05, 3.63) is 33.3 Å². The van der Waals surface area contributed by atoms with Crippen LogP contribution in [0.25, 0.3) is 0 Å². The number of esters is 1. The average Bonchev–Trinajstić information content (AvgIpc) is 2.12. The summed E-state index contributed by atoms with van der Waals surface area (Å²) in [6, 6.07) is 4.06. The summed E-state index contributed by atoms with van der Waals surface area (Å²) in [6.07, 6.45) is 0.262. The third-order valence-electron chi connectivity index (χ3n) is 2.36. The van der Waals surface area contributed by atoms with E-state index in [1.54, 1.807) is 0 Å². The van der Waals surface area contributed by atoms with Crippen molar-refractivity contribution in [3.8, 4) is 0 Å². The molecule has 1 aromatic rings. The SMILES string of the molecule is Cc1cc(Br)c(CC(=O)OC(C)C)cc1C. The first-order valence-electron chi connectivity index (χ1n) is 5.35. The quantitative estimate of drug-likeness (QED) is 0.794. The molecular weight excluding hydrogens is 268 g/mol. The summed E-state index contributed by atoms with van der Waals surface area (Å²) in [7, 11) is 0. The zero-order valence-electron chi connectivity index (χ0n) is 10.1. The second-order valence-corrected chi connectivity index (χ2v) is 5.10. The molecule has 0 bridgehead atoms. The first-order chi connectivity index (χ1) is 7.40. The highest BCUT2D eigenvalue weighted by atomic mass is 79.9. The molecule has 1 rings (SSSR count). The van der Waals surface area contributed by atoms with Crippen molar-refractivity contribution in [3.63, 3.8) is 0 Å². The first kappa shape index (κ1) is 13.2. The van der Waals surface area contributed by atoms with Gasteiger partial charge in [-0.05, 0) is 50.5 Å². The molecule has 0 spiro atoms. The minimum atomic E-state index is -0.182. The normalized spacial score (nSPS) is 10.6. The summed E-state index contributed by atoms with van der Waals surface area (Å²) in [4.78, 5) is 11.5. The third kappa shape index (κ3) is 3.63. The Bertz CT molecular complexity index is 397. The fraction of sp³-hybridized carbons (Fsp3) is 0.462. The van der Waals surface area contributed by atoms with E-state index in [0.29, 0.717) is 6.42 Å². The Kier molecular flexibility index (Phi) is 4.54. The standard InChI is InChI=1S/C13H17BrO2/c1-8(2)16-13(15)7-11-5-9(3)10(4)6-12(11)14/h5-6,8H,7H2,1-4H3. The molecule has 0 radical (unpaired) electrons. The lowest BCUT2D eigenvalue weighted by molar-refractivity contribution is -0.146. The number of ether oxygens (including phenoxy) is 1. The second kappa shape index (κ2) is 5.48. The molecule has 0 fully saturated rings. The van der Waals surface area contributed by atoms with Gasteiger partial charge in [-0.2, -0.15) is 0 Å². The van der Waals surface area contributed by atoms with Gasteiger partial charge in [-0.15, -0.1) is 0 Å². The Labute approximate surface area is 105 Å². The summed E-state index contributed by atoms with van der Waals surface area (Å²) < 4.78 is 6.09. The number of carbonyl (C=O) groups excluding carboxylic acids is 1. The van der Waals surface area contributed by atoms with Gasteiger partial charge in [-0.3, -0.25) is 4.79 Å². The molecule has 0 saturated carbocycles. The fourth-order valence-corrected chi connectivity index (χ4v) is 2.03. The van der Waals surface area contributed by atoms with Crippen LogP contribution >= 0.6 is 15.9 Å². The lowest BCUT2D eigenvalue weighted by Crippen LogP contribution is -2.14. The van der Waals surface area contributed by atoms with Crippen LogP contribution in [0.4, 0.5) is 0 Å². The molecule has 2 nitrogen and oxygen atoms in total. The van der Waals surface area contributed by atoms with Crippen molar-refractivity contribution in [1.29, 1.82) is 0 Å². The fourth-order valence-electron chi connectivity index (χ4n) is 1.44. The molecule has 0 unspecified atom stereocenters. The zero-order valence-corrected chi connectivity index (χ0v) is 11.7. The molecule has 0 N–H and O–H groups in total. The smallest absolute Gasteiger partial charge is 0.310 e. The summed E-state index contributed by atoms with van der Waals surface area (Å²) in [5.74, 6) is -0.182. The molecule has 0 amide bonds. The Morgan fingerprint density at radius 3 is 2.44 bits per heavy atom. The lowest BCUT2D eigenvalue weighted by Gasteiger charge is -2.10. The maximum atomic E-state index is 11.5. The van der Waals surface area contributed by atoms with Gasteiger partial charge < -0.3 is 4.74 Å². The summed E-state index contributed by atoms with van der Waals surface area (Å²) in [5.41, 5.74) is 3.39. The largest absolute Gasteiger partial charge is 0.463 e. The highest BCUT2D eigenvalue weighted by Gasteiger charge is 2.10. The van der Waals surface area contributed by atoms with E-state index in [9.17, 15) is 4.79 Å². The average molecular weight is 285 g/mol. The van der Waals surface area contributed by atoms with Crippen molar-refractivity contribution in [2.45, 2.75) is 40.2 Å². The molecule has 0 aliphatic heterocycles. The van der Waals surface area contributed by atoms with Crippen LogP contribution in [0.2, 0.25) is 0 Å². The molecule has 0 aliphatic carbocycles. The van der Waals surface area contributed by atoms with Crippen molar-refractivity contribution >= 4 is 21.9 Å². The Hall–Kier alpha value is -0.830. The van der Waals surface area contributed by atoms with E-state index < -0.39 is 0 Å². The van der Waals surface area contributed by atoms with Gasteiger partial charge in [-0.1, -0.05) is 22.0 Å². The lowest BCUT2D eigenvalue weighted by atomic mass is 10.0.